The summed E-state index contributed by atoms with van der Waals surface area (Å²) >= 11 is 1.72. The van der Waals surface area contributed by atoms with E-state index >= 15 is 0 Å². The van der Waals surface area contributed by atoms with E-state index in [1.165, 1.54) is 4.90 Å². The Morgan fingerprint density at radius 2 is 1.90 bits per heavy atom. The molecular formula is C16H23N3OS. The smallest absolute Gasteiger partial charge is 0.229 e. The maximum atomic E-state index is 5.77. The second kappa shape index (κ2) is 7.61. The molecule has 5 heteroatoms. The molecule has 0 fully saturated rings. The number of aromatic nitrogens is 2. The van der Waals surface area contributed by atoms with Gasteiger partial charge in [-0.05, 0) is 50.3 Å². The first-order valence-electron chi connectivity index (χ1n) is 7.33. The van der Waals surface area contributed by atoms with Gasteiger partial charge in [-0.1, -0.05) is 18.5 Å². The zero-order valence-corrected chi connectivity index (χ0v) is 13.7. The summed E-state index contributed by atoms with van der Waals surface area (Å²) < 4.78 is 5.40. The third kappa shape index (κ3) is 4.58. The predicted octanol–water partition coefficient (Wildman–Crippen LogP) is 4.08. The van der Waals surface area contributed by atoms with Gasteiger partial charge in [-0.3, -0.25) is 0 Å². The molecule has 0 spiro atoms. The van der Waals surface area contributed by atoms with E-state index in [1.54, 1.807) is 11.8 Å². The average Bonchev–Trinajstić information content (AvgIpc) is 2.97. The Labute approximate surface area is 130 Å². The Bertz CT molecular complexity index is 551. The summed E-state index contributed by atoms with van der Waals surface area (Å²) in [5, 5.41) is 4.09. The van der Waals surface area contributed by atoms with E-state index in [0.717, 1.165) is 24.8 Å². The molecule has 0 aliphatic carbocycles. The fourth-order valence-corrected chi connectivity index (χ4v) is 2.57. The molecule has 0 saturated heterocycles. The fraction of sp³-hybridized carbons (Fsp3) is 0.500. The molecule has 0 amide bonds. The maximum Gasteiger partial charge on any atom is 0.229 e. The fourth-order valence-electron chi connectivity index (χ4n) is 2.16. The van der Waals surface area contributed by atoms with Crippen molar-refractivity contribution in [3.8, 4) is 11.4 Å². The van der Waals surface area contributed by atoms with Crippen LogP contribution in [0.1, 0.15) is 44.9 Å². The van der Waals surface area contributed by atoms with Crippen molar-refractivity contribution in [3.05, 3.63) is 30.2 Å². The Hall–Kier alpha value is -1.33. The highest BCUT2D eigenvalue weighted by Gasteiger charge is 2.15. The molecule has 114 valence electrons. The highest BCUT2D eigenvalue weighted by atomic mass is 32.2. The normalized spacial score (nSPS) is 14.1. The number of hydrogen-bond acceptors (Lipinski definition) is 5. The summed E-state index contributed by atoms with van der Waals surface area (Å²) in [5.74, 6) is 1.65. The zero-order chi connectivity index (χ0) is 15.2. The van der Waals surface area contributed by atoms with E-state index in [9.17, 15) is 0 Å². The SMILES string of the molecule is CSc1ccc(-c2noc(C(C)CCCC(C)N)n2)cc1. The standard InChI is InChI=1S/C16H23N3OS/c1-11(5-4-6-12(2)17)16-18-15(19-20-16)13-7-9-14(21-3)10-8-13/h7-12H,4-6,17H2,1-3H3. The van der Waals surface area contributed by atoms with Gasteiger partial charge in [-0.15, -0.1) is 11.8 Å². The van der Waals surface area contributed by atoms with Crippen molar-refractivity contribution >= 4 is 11.8 Å². The number of rotatable bonds is 7. The van der Waals surface area contributed by atoms with Gasteiger partial charge in [-0.25, -0.2) is 0 Å². The highest BCUT2D eigenvalue weighted by molar-refractivity contribution is 7.98. The van der Waals surface area contributed by atoms with Gasteiger partial charge in [0.2, 0.25) is 11.7 Å². The van der Waals surface area contributed by atoms with Crippen molar-refractivity contribution in [1.29, 1.82) is 0 Å². The van der Waals surface area contributed by atoms with Crippen LogP contribution >= 0.6 is 11.8 Å². The van der Waals surface area contributed by atoms with E-state index in [1.807, 2.05) is 19.1 Å². The molecule has 1 aromatic carbocycles. The molecule has 4 nitrogen and oxygen atoms in total. The minimum atomic E-state index is 0.255. The van der Waals surface area contributed by atoms with Crippen LogP contribution in [0.15, 0.2) is 33.7 Å². The molecule has 2 aromatic rings. The lowest BCUT2D eigenvalue weighted by molar-refractivity contribution is 0.350. The lowest BCUT2D eigenvalue weighted by Crippen LogP contribution is -2.14. The molecular weight excluding hydrogens is 282 g/mol. The van der Waals surface area contributed by atoms with Crippen molar-refractivity contribution in [1.82, 2.24) is 10.1 Å². The number of nitrogens with two attached hydrogens (primary N) is 1. The van der Waals surface area contributed by atoms with Gasteiger partial charge in [0.1, 0.15) is 0 Å². The van der Waals surface area contributed by atoms with E-state index in [-0.39, 0.29) is 12.0 Å². The van der Waals surface area contributed by atoms with E-state index in [4.69, 9.17) is 10.3 Å². The van der Waals surface area contributed by atoms with E-state index in [2.05, 4.69) is 35.5 Å². The van der Waals surface area contributed by atoms with Crippen molar-refractivity contribution in [3.63, 3.8) is 0 Å². The third-order valence-corrected chi connectivity index (χ3v) is 4.25. The van der Waals surface area contributed by atoms with Gasteiger partial charge in [0.15, 0.2) is 0 Å². The van der Waals surface area contributed by atoms with Crippen LogP contribution in [0.3, 0.4) is 0 Å². The van der Waals surface area contributed by atoms with Crippen LogP contribution in [0.2, 0.25) is 0 Å². The third-order valence-electron chi connectivity index (χ3n) is 3.51. The minimum Gasteiger partial charge on any atom is -0.339 e. The van der Waals surface area contributed by atoms with Gasteiger partial charge in [0.25, 0.3) is 0 Å². The zero-order valence-electron chi connectivity index (χ0n) is 12.9. The molecule has 2 rings (SSSR count). The first-order chi connectivity index (χ1) is 10.1. The molecule has 0 aliphatic heterocycles. The molecule has 2 unspecified atom stereocenters. The van der Waals surface area contributed by atoms with Crippen LogP contribution < -0.4 is 5.73 Å². The van der Waals surface area contributed by atoms with Gasteiger partial charge in [-0.2, -0.15) is 4.98 Å². The Morgan fingerprint density at radius 3 is 2.52 bits per heavy atom. The molecule has 0 bridgehead atoms. The van der Waals surface area contributed by atoms with Gasteiger partial charge >= 0.3 is 0 Å². The van der Waals surface area contributed by atoms with Crippen LogP contribution in [-0.2, 0) is 0 Å². The Morgan fingerprint density at radius 1 is 1.19 bits per heavy atom. The molecule has 0 saturated carbocycles. The van der Waals surface area contributed by atoms with Crippen molar-refractivity contribution in [2.75, 3.05) is 6.26 Å². The quantitative estimate of drug-likeness (QED) is 0.781. The molecule has 2 N–H and O–H groups in total. The molecule has 21 heavy (non-hydrogen) atoms. The summed E-state index contributed by atoms with van der Waals surface area (Å²) in [6.45, 7) is 4.16. The second-order valence-corrected chi connectivity index (χ2v) is 6.37. The van der Waals surface area contributed by atoms with Gasteiger partial charge in [0, 0.05) is 22.4 Å². The number of thioether (sulfide) groups is 1. The van der Waals surface area contributed by atoms with Gasteiger partial charge < -0.3 is 10.3 Å². The maximum absolute atomic E-state index is 5.77. The van der Waals surface area contributed by atoms with Crippen molar-refractivity contribution in [2.45, 2.75) is 50.0 Å². The average molecular weight is 305 g/mol. The topological polar surface area (TPSA) is 64.9 Å². The van der Waals surface area contributed by atoms with Crippen LogP contribution in [0.25, 0.3) is 11.4 Å². The van der Waals surface area contributed by atoms with Crippen LogP contribution in [-0.4, -0.2) is 22.4 Å². The molecule has 1 heterocycles. The molecule has 1 aromatic heterocycles. The molecule has 0 radical (unpaired) electrons. The van der Waals surface area contributed by atoms with Crippen molar-refractivity contribution < 1.29 is 4.52 Å². The first kappa shape index (κ1) is 16.0. The number of nitrogens with zero attached hydrogens (tertiary/aromatic N) is 2. The highest BCUT2D eigenvalue weighted by Crippen LogP contribution is 2.25. The largest absolute Gasteiger partial charge is 0.339 e. The summed E-state index contributed by atoms with van der Waals surface area (Å²) in [6, 6.07) is 8.46. The molecule has 0 aliphatic rings. The molecule has 2 atom stereocenters. The van der Waals surface area contributed by atoms with E-state index < -0.39 is 0 Å². The summed E-state index contributed by atoms with van der Waals surface area (Å²) in [5.41, 5.74) is 6.76. The number of hydrogen-bond donors (Lipinski definition) is 1. The lowest BCUT2D eigenvalue weighted by atomic mass is 10.0. The van der Waals surface area contributed by atoms with Crippen LogP contribution in [0.4, 0.5) is 0 Å². The monoisotopic (exact) mass is 305 g/mol. The first-order valence-corrected chi connectivity index (χ1v) is 8.56. The van der Waals surface area contributed by atoms with Crippen molar-refractivity contribution in [2.24, 2.45) is 5.73 Å². The summed E-state index contributed by atoms with van der Waals surface area (Å²) in [7, 11) is 0. The number of benzene rings is 1. The summed E-state index contributed by atoms with van der Waals surface area (Å²) in [6.07, 6.45) is 5.19. The van der Waals surface area contributed by atoms with Crippen LogP contribution in [0.5, 0.6) is 0 Å². The van der Waals surface area contributed by atoms with Crippen LogP contribution in [0, 0.1) is 0 Å². The second-order valence-electron chi connectivity index (χ2n) is 5.49. The van der Waals surface area contributed by atoms with E-state index in [0.29, 0.717) is 11.7 Å². The Balaban J connectivity index is 1.99. The predicted molar refractivity (Wildman–Crippen MR) is 87.4 cm³/mol. The summed E-state index contributed by atoms with van der Waals surface area (Å²) in [4.78, 5) is 5.75. The lowest BCUT2D eigenvalue weighted by Gasteiger charge is -2.07. The Kier molecular flexibility index (Phi) is 5.82. The minimum absolute atomic E-state index is 0.255. The van der Waals surface area contributed by atoms with Gasteiger partial charge in [0.05, 0.1) is 0 Å².